The summed E-state index contributed by atoms with van der Waals surface area (Å²) in [6, 6.07) is 13.2. The lowest BCUT2D eigenvalue weighted by molar-refractivity contribution is -0.116. The largest absolute Gasteiger partial charge is 0.483 e. The van der Waals surface area contributed by atoms with Crippen LogP contribution in [0.3, 0.4) is 0 Å². The first kappa shape index (κ1) is 19.9. The van der Waals surface area contributed by atoms with Gasteiger partial charge < -0.3 is 14.8 Å². The predicted octanol–water partition coefficient (Wildman–Crippen LogP) is 4.27. The van der Waals surface area contributed by atoms with Crippen LogP contribution in [0, 0.1) is 11.8 Å². The molecule has 0 spiro atoms. The van der Waals surface area contributed by atoms with Crippen molar-refractivity contribution in [3.63, 3.8) is 0 Å². The Balaban J connectivity index is 1.44. The Hall–Kier alpha value is -2.90. The van der Waals surface area contributed by atoms with Gasteiger partial charge in [-0.2, -0.15) is 0 Å². The zero-order valence-corrected chi connectivity index (χ0v) is 16.7. The molecule has 28 heavy (non-hydrogen) atoms. The van der Waals surface area contributed by atoms with Gasteiger partial charge in [-0.1, -0.05) is 53.8 Å². The lowest BCUT2D eigenvalue weighted by Gasteiger charge is -2.17. The Bertz CT molecular complexity index is 954. The van der Waals surface area contributed by atoms with Crippen LogP contribution in [-0.2, 0) is 11.2 Å². The molecule has 1 aliphatic rings. The minimum atomic E-state index is -0.230. The highest BCUT2D eigenvalue weighted by Gasteiger charge is 2.32. The molecule has 1 aliphatic heterocycles. The number of rotatable bonds is 5. The number of ether oxygens (including phenoxy) is 2. The predicted molar refractivity (Wildman–Crippen MR) is 112 cm³/mol. The van der Waals surface area contributed by atoms with Crippen LogP contribution in [0.2, 0.25) is 5.02 Å². The smallest absolute Gasteiger partial charge is 0.244 e. The minimum absolute atomic E-state index is 0.213. The Labute approximate surface area is 170 Å². The fourth-order valence-corrected chi connectivity index (χ4v) is 3.09. The van der Waals surface area contributed by atoms with Crippen molar-refractivity contribution in [1.29, 1.82) is 0 Å². The molecule has 0 bridgehead atoms. The van der Waals surface area contributed by atoms with E-state index in [4.69, 9.17) is 21.1 Å². The monoisotopic (exact) mass is 395 g/mol. The molecule has 2 aromatic carbocycles. The summed E-state index contributed by atoms with van der Waals surface area (Å²) in [5.41, 5.74) is 1.72. The van der Waals surface area contributed by atoms with E-state index in [9.17, 15) is 4.79 Å². The van der Waals surface area contributed by atoms with Crippen LogP contribution in [-0.4, -0.2) is 24.7 Å². The Morgan fingerprint density at radius 2 is 2.07 bits per heavy atom. The summed E-state index contributed by atoms with van der Waals surface area (Å²) >= 11 is 6.04. The second-order valence-corrected chi connectivity index (χ2v) is 7.41. The van der Waals surface area contributed by atoms with Crippen molar-refractivity contribution < 1.29 is 14.3 Å². The maximum absolute atomic E-state index is 11.8. The summed E-state index contributed by atoms with van der Waals surface area (Å²) in [5, 5.41) is 3.30. The molecule has 0 unspecified atom stereocenters. The number of amides is 1. The van der Waals surface area contributed by atoms with Crippen LogP contribution in [0.4, 0.5) is 0 Å². The molecule has 3 rings (SSSR count). The van der Waals surface area contributed by atoms with E-state index in [-0.39, 0.29) is 24.7 Å². The SMILES string of the molecule is CC1(C)Cc2cccc(OCC#CCNC(=O)/C=C/c3ccccc3Cl)c2O1. The van der Waals surface area contributed by atoms with Gasteiger partial charge in [0.1, 0.15) is 12.2 Å². The van der Waals surface area contributed by atoms with Gasteiger partial charge in [-0.05, 0) is 37.6 Å². The number of para-hydroxylation sites is 1. The van der Waals surface area contributed by atoms with E-state index in [1.54, 1.807) is 12.1 Å². The van der Waals surface area contributed by atoms with Crippen LogP contribution < -0.4 is 14.8 Å². The van der Waals surface area contributed by atoms with E-state index in [2.05, 4.69) is 31.0 Å². The highest BCUT2D eigenvalue weighted by molar-refractivity contribution is 6.32. The number of carbonyl (C=O) groups is 1. The molecule has 0 saturated heterocycles. The number of nitrogens with one attached hydrogen (secondary N) is 1. The average molecular weight is 396 g/mol. The first-order valence-corrected chi connectivity index (χ1v) is 9.42. The van der Waals surface area contributed by atoms with Gasteiger partial charge in [-0.3, -0.25) is 4.79 Å². The van der Waals surface area contributed by atoms with Crippen LogP contribution >= 0.6 is 11.6 Å². The van der Waals surface area contributed by atoms with Crippen molar-refractivity contribution in [3.8, 4) is 23.3 Å². The third kappa shape index (κ3) is 5.31. The summed E-state index contributed by atoms with van der Waals surface area (Å²) in [4.78, 5) is 11.8. The zero-order chi connectivity index (χ0) is 20.0. The van der Waals surface area contributed by atoms with Crippen LogP contribution in [0.5, 0.6) is 11.5 Å². The number of hydrogen-bond donors (Lipinski definition) is 1. The highest BCUT2D eigenvalue weighted by atomic mass is 35.5. The Morgan fingerprint density at radius 1 is 1.25 bits per heavy atom. The van der Waals surface area contributed by atoms with Gasteiger partial charge in [-0.25, -0.2) is 0 Å². The van der Waals surface area contributed by atoms with Crippen LogP contribution in [0.15, 0.2) is 48.5 Å². The van der Waals surface area contributed by atoms with Crippen molar-refractivity contribution in [2.75, 3.05) is 13.2 Å². The summed E-state index contributed by atoms with van der Waals surface area (Å²) in [6.45, 7) is 4.58. The third-order valence-corrected chi connectivity index (χ3v) is 4.49. The molecular formula is C23H22ClNO3. The van der Waals surface area contributed by atoms with Gasteiger partial charge in [-0.15, -0.1) is 0 Å². The number of carbonyl (C=O) groups excluding carboxylic acids is 1. The first-order valence-electron chi connectivity index (χ1n) is 9.04. The number of halogens is 1. The maximum atomic E-state index is 11.8. The van der Waals surface area contributed by atoms with E-state index < -0.39 is 0 Å². The molecule has 0 saturated carbocycles. The van der Waals surface area contributed by atoms with Gasteiger partial charge in [0.15, 0.2) is 11.5 Å². The minimum Gasteiger partial charge on any atom is -0.483 e. The number of hydrogen-bond acceptors (Lipinski definition) is 3. The summed E-state index contributed by atoms with van der Waals surface area (Å²) < 4.78 is 11.7. The van der Waals surface area contributed by atoms with Crippen molar-refractivity contribution in [3.05, 3.63) is 64.7 Å². The number of fused-ring (bicyclic) bond motifs is 1. The third-order valence-electron chi connectivity index (χ3n) is 4.15. The molecule has 4 nitrogen and oxygen atoms in total. The van der Waals surface area contributed by atoms with Gasteiger partial charge in [0.05, 0.1) is 6.54 Å². The fraction of sp³-hybridized carbons (Fsp3) is 0.261. The molecule has 0 radical (unpaired) electrons. The fourth-order valence-electron chi connectivity index (χ4n) is 2.89. The quantitative estimate of drug-likeness (QED) is 0.607. The average Bonchev–Trinajstić information content (AvgIpc) is 2.98. The molecule has 0 atom stereocenters. The van der Waals surface area contributed by atoms with Gasteiger partial charge in [0.2, 0.25) is 5.91 Å². The second-order valence-electron chi connectivity index (χ2n) is 7.00. The lowest BCUT2D eigenvalue weighted by Crippen LogP contribution is -2.24. The molecule has 1 amide bonds. The lowest BCUT2D eigenvalue weighted by atomic mass is 10.0. The zero-order valence-electron chi connectivity index (χ0n) is 15.9. The van der Waals surface area contributed by atoms with E-state index in [1.165, 1.54) is 6.08 Å². The van der Waals surface area contributed by atoms with E-state index in [0.717, 1.165) is 23.3 Å². The number of benzene rings is 2. The second kappa shape index (κ2) is 8.86. The summed E-state index contributed by atoms with van der Waals surface area (Å²) in [5.74, 6) is 7.04. The van der Waals surface area contributed by atoms with E-state index in [0.29, 0.717) is 10.8 Å². The standard InChI is InChI=1S/C23H22ClNO3/c1-23(2)16-18-9-7-11-20(22(18)28-23)27-15-6-5-14-25-21(26)13-12-17-8-3-4-10-19(17)24/h3-4,7-13H,14-16H2,1-2H3,(H,25,26)/b13-12+. The highest BCUT2D eigenvalue weighted by Crippen LogP contribution is 2.41. The van der Waals surface area contributed by atoms with E-state index in [1.807, 2.05) is 36.4 Å². The van der Waals surface area contributed by atoms with Crippen LogP contribution in [0.1, 0.15) is 25.0 Å². The van der Waals surface area contributed by atoms with E-state index >= 15 is 0 Å². The Kier molecular flexibility index (Phi) is 6.28. The molecule has 5 heteroatoms. The molecule has 1 N–H and O–H groups in total. The van der Waals surface area contributed by atoms with Crippen LogP contribution in [0.25, 0.3) is 6.08 Å². The summed E-state index contributed by atoms with van der Waals surface area (Å²) in [7, 11) is 0. The molecule has 2 aromatic rings. The van der Waals surface area contributed by atoms with Crippen molar-refractivity contribution in [2.24, 2.45) is 0 Å². The Morgan fingerprint density at radius 3 is 2.89 bits per heavy atom. The summed E-state index contributed by atoms with van der Waals surface area (Å²) in [6.07, 6.45) is 3.97. The molecule has 1 heterocycles. The first-order chi connectivity index (χ1) is 13.4. The molecule has 0 fully saturated rings. The van der Waals surface area contributed by atoms with Crippen molar-refractivity contribution in [1.82, 2.24) is 5.32 Å². The molecule has 144 valence electrons. The molecule has 0 aliphatic carbocycles. The maximum Gasteiger partial charge on any atom is 0.244 e. The van der Waals surface area contributed by atoms with Gasteiger partial charge in [0.25, 0.3) is 0 Å². The molecular weight excluding hydrogens is 374 g/mol. The topological polar surface area (TPSA) is 47.6 Å². The van der Waals surface area contributed by atoms with Crippen molar-refractivity contribution in [2.45, 2.75) is 25.9 Å². The van der Waals surface area contributed by atoms with Crippen molar-refractivity contribution >= 4 is 23.6 Å². The normalized spacial score (nSPS) is 14.0. The van der Waals surface area contributed by atoms with Gasteiger partial charge >= 0.3 is 0 Å². The van der Waals surface area contributed by atoms with Gasteiger partial charge in [0, 0.05) is 23.1 Å². The molecule has 0 aromatic heterocycles.